The number of hydrogen-bond acceptors (Lipinski definition) is 3. The van der Waals surface area contributed by atoms with E-state index >= 15 is 0 Å². The van der Waals surface area contributed by atoms with Crippen LogP contribution in [-0.4, -0.2) is 16.6 Å². The summed E-state index contributed by atoms with van der Waals surface area (Å²) >= 11 is 3.43. The van der Waals surface area contributed by atoms with Crippen LogP contribution < -0.4 is 5.73 Å². The van der Waals surface area contributed by atoms with Gasteiger partial charge in [-0.25, -0.2) is 4.98 Å². The maximum absolute atomic E-state index is 5.95. The van der Waals surface area contributed by atoms with E-state index in [0.29, 0.717) is 5.69 Å². The topological polar surface area (TPSA) is 63.9 Å². The van der Waals surface area contributed by atoms with Gasteiger partial charge in [0.15, 0.2) is 0 Å². The minimum atomic E-state index is 0.0920. The minimum Gasteiger partial charge on any atom is -0.397 e. The lowest BCUT2D eigenvalue weighted by atomic mass is 10.1. The van der Waals surface area contributed by atoms with Gasteiger partial charge in [0.25, 0.3) is 0 Å². The highest BCUT2D eigenvalue weighted by Crippen LogP contribution is 2.30. The van der Waals surface area contributed by atoms with Crippen LogP contribution in [-0.2, 0) is 4.74 Å². The van der Waals surface area contributed by atoms with E-state index in [1.807, 2.05) is 12.1 Å². The van der Waals surface area contributed by atoms with Crippen LogP contribution in [0.4, 0.5) is 5.69 Å². The zero-order valence-electron chi connectivity index (χ0n) is 9.37. The van der Waals surface area contributed by atoms with Crippen LogP contribution in [0.3, 0.4) is 0 Å². The number of fused-ring (bicyclic) bond motifs is 1. The second-order valence-corrected chi connectivity index (χ2v) is 5.28. The van der Waals surface area contributed by atoms with Crippen molar-refractivity contribution in [1.29, 1.82) is 0 Å². The Morgan fingerprint density at radius 1 is 1.41 bits per heavy atom. The molecule has 17 heavy (non-hydrogen) atoms. The van der Waals surface area contributed by atoms with E-state index in [2.05, 4.69) is 25.9 Å². The van der Waals surface area contributed by atoms with Crippen LogP contribution in [0.5, 0.6) is 0 Å². The van der Waals surface area contributed by atoms with Crippen molar-refractivity contribution in [2.24, 2.45) is 0 Å². The van der Waals surface area contributed by atoms with Gasteiger partial charge in [-0.2, -0.15) is 0 Å². The highest BCUT2D eigenvalue weighted by molar-refractivity contribution is 9.10. The molecule has 3 rings (SSSR count). The number of rotatable bonds is 1. The van der Waals surface area contributed by atoms with Crippen LogP contribution in [0, 0.1) is 0 Å². The molecule has 1 saturated heterocycles. The number of imidazole rings is 1. The highest BCUT2D eigenvalue weighted by Gasteiger charge is 2.20. The molecule has 1 aromatic carbocycles. The lowest BCUT2D eigenvalue weighted by Gasteiger charge is -2.20. The summed E-state index contributed by atoms with van der Waals surface area (Å²) < 4.78 is 6.68. The van der Waals surface area contributed by atoms with Gasteiger partial charge in [0.2, 0.25) is 0 Å². The SMILES string of the molecule is Nc1cc(Br)cc2[nH]c(C3CCCCO3)nc12. The van der Waals surface area contributed by atoms with Crippen LogP contribution >= 0.6 is 15.9 Å². The van der Waals surface area contributed by atoms with E-state index < -0.39 is 0 Å². The lowest BCUT2D eigenvalue weighted by molar-refractivity contribution is 0.0101. The number of nitrogens with zero attached hydrogens (tertiary/aromatic N) is 1. The molecule has 1 aromatic heterocycles. The van der Waals surface area contributed by atoms with Gasteiger partial charge >= 0.3 is 0 Å². The molecular formula is C12H14BrN3O. The van der Waals surface area contributed by atoms with Gasteiger partial charge in [0.1, 0.15) is 17.4 Å². The number of ether oxygens (including phenoxy) is 1. The van der Waals surface area contributed by atoms with Crippen molar-refractivity contribution in [3.8, 4) is 0 Å². The molecule has 2 aromatic rings. The van der Waals surface area contributed by atoms with Gasteiger partial charge in [0, 0.05) is 11.1 Å². The third kappa shape index (κ3) is 2.05. The molecule has 1 aliphatic rings. The smallest absolute Gasteiger partial charge is 0.136 e. The largest absolute Gasteiger partial charge is 0.397 e. The van der Waals surface area contributed by atoms with Crippen molar-refractivity contribution in [3.63, 3.8) is 0 Å². The molecule has 1 unspecified atom stereocenters. The molecule has 0 saturated carbocycles. The Hall–Kier alpha value is -1.07. The third-order valence-electron chi connectivity index (χ3n) is 3.08. The Kier molecular flexibility index (Phi) is 2.80. The first kappa shape index (κ1) is 11.0. The molecule has 4 nitrogen and oxygen atoms in total. The zero-order chi connectivity index (χ0) is 11.8. The van der Waals surface area contributed by atoms with E-state index in [-0.39, 0.29) is 6.10 Å². The first-order valence-corrected chi connectivity index (χ1v) is 6.59. The number of aromatic nitrogens is 2. The number of halogens is 1. The average molecular weight is 296 g/mol. The van der Waals surface area contributed by atoms with Crippen molar-refractivity contribution in [3.05, 3.63) is 22.4 Å². The molecule has 5 heteroatoms. The fraction of sp³-hybridized carbons (Fsp3) is 0.417. The van der Waals surface area contributed by atoms with Crippen LogP contribution in [0.15, 0.2) is 16.6 Å². The number of benzene rings is 1. The quantitative estimate of drug-likeness (QED) is 0.795. The number of nitrogen functional groups attached to an aromatic ring is 1. The summed E-state index contributed by atoms with van der Waals surface area (Å²) in [4.78, 5) is 7.85. The van der Waals surface area contributed by atoms with Gasteiger partial charge in [-0.15, -0.1) is 0 Å². The van der Waals surface area contributed by atoms with Crippen molar-refractivity contribution in [2.45, 2.75) is 25.4 Å². The molecule has 1 aliphatic heterocycles. The predicted molar refractivity (Wildman–Crippen MR) is 70.8 cm³/mol. The van der Waals surface area contributed by atoms with Crippen molar-refractivity contribution >= 4 is 32.7 Å². The zero-order valence-corrected chi connectivity index (χ0v) is 11.0. The Bertz CT molecular complexity index is 546. The van der Waals surface area contributed by atoms with Gasteiger partial charge in [-0.1, -0.05) is 15.9 Å². The number of hydrogen-bond donors (Lipinski definition) is 2. The van der Waals surface area contributed by atoms with E-state index in [1.165, 1.54) is 6.42 Å². The van der Waals surface area contributed by atoms with Crippen molar-refractivity contribution < 1.29 is 4.74 Å². The Morgan fingerprint density at radius 3 is 3.06 bits per heavy atom. The number of nitrogens with one attached hydrogen (secondary N) is 1. The molecule has 1 atom stereocenters. The average Bonchev–Trinajstić information content (AvgIpc) is 2.74. The van der Waals surface area contributed by atoms with Crippen LogP contribution in [0.25, 0.3) is 11.0 Å². The Labute approximate surface area is 108 Å². The van der Waals surface area contributed by atoms with Gasteiger partial charge in [-0.3, -0.25) is 0 Å². The number of aromatic amines is 1. The van der Waals surface area contributed by atoms with Gasteiger partial charge in [0.05, 0.1) is 11.2 Å². The molecule has 90 valence electrons. The molecule has 0 bridgehead atoms. The maximum Gasteiger partial charge on any atom is 0.136 e. The minimum absolute atomic E-state index is 0.0920. The lowest BCUT2D eigenvalue weighted by Crippen LogP contribution is -2.12. The van der Waals surface area contributed by atoms with Crippen molar-refractivity contribution in [2.75, 3.05) is 12.3 Å². The second kappa shape index (κ2) is 4.31. The summed E-state index contributed by atoms with van der Waals surface area (Å²) in [7, 11) is 0. The van der Waals surface area contributed by atoms with E-state index in [4.69, 9.17) is 10.5 Å². The highest BCUT2D eigenvalue weighted by atomic mass is 79.9. The monoisotopic (exact) mass is 295 g/mol. The number of nitrogens with two attached hydrogens (primary N) is 1. The molecule has 0 aliphatic carbocycles. The molecule has 0 amide bonds. The molecule has 0 spiro atoms. The first-order valence-electron chi connectivity index (χ1n) is 5.80. The third-order valence-corrected chi connectivity index (χ3v) is 3.54. The van der Waals surface area contributed by atoms with Crippen LogP contribution in [0.2, 0.25) is 0 Å². The van der Waals surface area contributed by atoms with E-state index in [1.54, 1.807) is 0 Å². The standard InChI is InChI=1S/C12H14BrN3O/c13-7-5-8(14)11-9(6-7)15-12(16-11)10-3-1-2-4-17-10/h5-6,10H,1-4,14H2,(H,15,16). The summed E-state index contributed by atoms with van der Waals surface area (Å²) in [5, 5.41) is 0. The predicted octanol–water partition coefficient (Wildman–Crippen LogP) is 3.15. The second-order valence-electron chi connectivity index (χ2n) is 4.37. The summed E-state index contributed by atoms with van der Waals surface area (Å²) in [6.45, 7) is 0.820. The number of anilines is 1. The summed E-state index contributed by atoms with van der Waals surface area (Å²) in [5.41, 5.74) is 8.42. The Morgan fingerprint density at radius 2 is 2.29 bits per heavy atom. The van der Waals surface area contributed by atoms with Crippen molar-refractivity contribution in [1.82, 2.24) is 9.97 Å². The summed E-state index contributed by atoms with van der Waals surface area (Å²) in [5.74, 6) is 0.893. The van der Waals surface area contributed by atoms with Gasteiger partial charge < -0.3 is 15.5 Å². The normalized spacial score (nSPS) is 20.9. The van der Waals surface area contributed by atoms with Crippen LogP contribution in [0.1, 0.15) is 31.2 Å². The Balaban J connectivity index is 2.03. The molecule has 2 heterocycles. The first-order chi connectivity index (χ1) is 8.24. The fourth-order valence-electron chi connectivity index (χ4n) is 2.24. The molecule has 1 fully saturated rings. The van der Waals surface area contributed by atoms with Gasteiger partial charge in [-0.05, 0) is 31.4 Å². The maximum atomic E-state index is 5.95. The molecule has 3 N–H and O–H groups in total. The summed E-state index contributed by atoms with van der Waals surface area (Å²) in [6.07, 6.45) is 3.46. The molecular weight excluding hydrogens is 282 g/mol. The molecule has 0 radical (unpaired) electrons. The number of H-pyrrole nitrogens is 1. The summed E-state index contributed by atoms with van der Waals surface area (Å²) in [6, 6.07) is 3.86. The van der Waals surface area contributed by atoms with E-state index in [0.717, 1.165) is 40.8 Å². The van der Waals surface area contributed by atoms with E-state index in [9.17, 15) is 0 Å². The fourth-order valence-corrected chi connectivity index (χ4v) is 2.71.